The molecule has 1 heterocycles. The van der Waals surface area contributed by atoms with Crippen molar-refractivity contribution >= 4 is 11.3 Å². The number of likely N-dealkylation sites (N-methyl/N-ethyl adjacent to an activating group) is 1. The van der Waals surface area contributed by atoms with E-state index in [0.29, 0.717) is 6.04 Å². The molecule has 0 fully saturated rings. The predicted octanol–water partition coefficient (Wildman–Crippen LogP) is 4.27. The van der Waals surface area contributed by atoms with Crippen LogP contribution in [0.2, 0.25) is 0 Å². The van der Waals surface area contributed by atoms with Crippen LogP contribution in [0.3, 0.4) is 0 Å². The molecule has 20 heavy (non-hydrogen) atoms. The Bertz CT molecular complexity index is 563. The zero-order valence-corrected chi connectivity index (χ0v) is 13.9. The Morgan fingerprint density at radius 1 is 1.15 bits per heavy atom. The number of rotatable bonds is 5. The Morgan fingerprint density at radius 3 is 2.30 bits per heavy atom. The maximum Gasteiger partial charge on any atom is 0.0898 e. The van der Waals surface area contributed by atoms with Crippen molar-refractivity contribution in [2.45, 2.75) is 47.1 Å². The van der Waals surface area contributed by atoms with Crippen molar-refractivity contribution in [1.82, 2.24) is 10.3 Å². The molecule has 0 radical (unpaired) electrons. The summed E-state index contributed by atoms with van der Waals surface area (Å²) in [7, 11) is 0. The van der Waals surface area contributed by atoms with E-state index in [2.05, 4.69) is 62.4 Å². The van der Waals surface area contributed by atoms with Gasteiger partial charge in [0.1, 0.15) is 0 Å². The number of hydrogen-bond acceptors (Lipinski definition) is 3. The van der Waals surface area contributed by atoms with Crippen LogP contribution in [0.15, 0.2) is 17.5 Å². The fraction of sp³-hybridized carbons (Fsp3) is 0.471. The number of nitrogens with one attached hydrogen (secondary N) is 1. The molecule has 1 atom stereocenters. The summed E-state index contributed by atoms with van der Waals surface area (Å²) in [5, 5.41) is 6.90. The van der Waals surface area contributed by atoms with Gasteiger partial charge in [-0.25, -0.2) is 4.98 Å². The van der Waals surface area contributed by atoms with Crippen molar-refractivity contribution in [3.63, 3.8) is 0 Å². The van der Waals surface area contributed by atoms with E-state index in [9.17, 15) is 0 Å². The Hall–Kier alpha value is -1.19. The summed E-state index contributed by atoms with van der Waals surface area (Å²) in [5.74, 6) is 0. The molecule has 0 bridgehead atoms. The largest absolute Gasteiger partial charge is 0.309 e. The van der Waals surface area contributed by atoms with Crippen LogP contribution in [0, 0.1) is 27.7 Å². The summed E-state index contributed by atoms with van der Waals surface area (Å²) in [4.78, 5) is 4.66. The van der Waals surface area contributed by atoms with E-state index >= 15 is 0 Å². The van der Waals surface area contributed by atoms with Gasteiger partial charge in [-0.3, -0.25) is 0 Å². The maximum atomic E-state index is 4.66. The standard InChI is InChI=1S/C17H24N2S/c1-6-18-16(17-10-20-14(5)19-17)9-15-12(3)7-11(2)8-13(15)4/h7-8,10,16,18H,6,9H2,1-5H3. The molecule has 1 unspecified atom stereocenters. The van der Waals surface area contributed by atoms with Crippen LogP contribution in [0.4, 0.5) is 0 Å². The quantitative estimate of drug-likeness (QED) is 0.888. The Labute approximate surface area is 126 Å². The molecule has 108 valence electrons. The zero-order chi connectivity index (χ0) is 14.7. The highest BCUT2D eigenvalue weighted by Gasteiger charge is 2.16. The topological polar surface area (TPSA) is 24.9 Å². The minimum atomic E-state index is 0.310. The lowest BCUT2D eigenvalue weighted by molar-refractivity contribution is 0.536. The molecule has 0 saturated heterocycles. The number of thiazole rings is 1. The first kappa shape index (κ1) is 15.2. The third-order valence-corrected chi connectivity index (χ3v) is 4.48. The molecular formula is C17H24N2S. The first-order valence-electron chi connectivity index (χ1n) is 7.23. The van der Waals surface area contributed by atoms with Crippen LogP contribution in [0.5, 0.6) is 0 Å². The second-order valence-corrected chi connectivity index (χ2v) is 6.55. The van der Waals surface area contributed by atoms with Gasteiger partial charge in [-0.15, -0.1) is 11.3 Å². The van der Waals surface area contributed by atoms with Crippen molar-refractivity contribution in [3.05, 3.63) is 50.5 Å². The Kier molecular flexibility index (Phi) is 4.95. The molecule has 2 rings (SSSR count). The first-order chi connectivity index (χ1) is 9.51. The van der Waals surface area contributed by atoms with Gasteiger partial charge in [0.05, 0.1) is 16.7 Å². The number of benzene rings is 1. The molecule has 0 amide bonds. The van der Waals surface area contributed by atoms with E-state index in [4.69, 9.17) is 0 Å². The maximum absolute atomic E-state index is 4.66. The Morgan fingerprint density at radius 2 is 1.80 bits per heavy atom. The second-order valence-electron chi connectivity index (χ2n) is 5.48. The molecular weight excluding hydrogens is 264 g/mol. The fourth-order valence-corrected chi connectivity index (χ4v) is 3.47. The van der Waals surface area contributed by atoms with Gasteiger partial charge in [0.25, 0.3) is 0 Å². The van der Waals surface area contributed by atoms with Gasteiger partial charge in [0.15, 0.2) is 0 Å². The highest BCUT2D eigenvalue weighted by Crippen LogP contribution is 2.25. The van der Waals surface area contributed by atoms with Gasteiger partial charge in [-0.2, -0.15) is 0 Å². The highest BCUT2D eigenvalue weighted by atomic mass is 32.1. The van der Waals surface area contributed by atoms with Gasteiger partial charge in [-0.1, -0.05) is 24.6 Å². The minimum absolute atomic E-state index is 0.310. The first-order valence-corrected chi connectivity index (χ1v) is 8.11. The summed E-state index contributed by atoms with van der Waals surface area (Å²) < 4.78 is 0. The average Bonchev–Trinajstić information content (AvgIpc) is 2.79. The van der Waals surface area contributed by atoms with Crippen LogP contribution < -0.4 is 5.32 Å². The fourth-order valence-electron chi connectivity index (χ4n) is 2.80. The number of aromatic nitrogens is 1. The Balaban J connectivity index is 2.29. The number of hydrogen-bond donors (Lipinski definition) is 1. The second kappa shape index (κ2) is 6.51. The van der Waals surface area contributed by atoms with Crippen LogP contribution in [0.25, 0.3) is 0 Å². The van der Waals surface area contributed by atoms with E-state index in [1.807, 2.05) is 0 Å². The number of nitrogens with zero attached hydrogens (tertiary/aromatic N) is 1. The van der Waals surface area contributed by atoms with Crippen LogP contribution in [0.1, 0.15) is 45.9 Å². The minimum Gasteiger partial charge on any atom is -0.309 e. The molecule has 1 N–H and O–H groups in total. The molecule has 0 aliphatic heterocycles. The molecule has 0 saturated carbocycles. The highest BCUT2D eigenvalue weighted by molar-refractivity contribution is 7.09. The average molecular weight is 288 g/mol. The smallest absolute Gasteiger partial charge is 0.0898 e. The lowest BCUT2D eigenvalue weighted by atomic mass is 9.93. The predicted molar refractivity (Wildman–Crippen MR) is 87.6 cm³/mol. The van der Waals surface area contributed by atoms with E-state index in [-0.39, 0.29) is 0 Å². The van der Waals surface area contributed by atoms with E-state index in [0.717, 1.165) is 18.0 Å². The van der Waals surface area contributed by atoms with Crippen LogP contribution >= 0.6 is 11.3 Å². The summed E-state index contributed by atoms with van der Waals surface area (Å²) in [6, 6.07) is 4.86. The number of aryl methyl sites for hydroxylation is 4. The van der Waals surface area contributed by atoms with E-state index in [1.165, 1.54) is 27.9 Å². The molecule has 0 spiro atoms. The summed E-state index contributed by atoms with van der Waals surface area (Å²) in [6.45, 7) is 11.8. The molecule has 2 aromatic rings. The summed E-state index contributed by atoms with van der Waals surface area (Å²) in [5.41, 5.74) is 6.74. The molecule has 0 aliphatic rings. The summed E-state index contributed by atoms with van der Waals surface area (Å²) in [6.07, 6.45) is 1.01. The molecule has 0 aliphatic carbocycles. The van der Waals surface area contributed by atoms with Crippen molar-refractivity contribution in [2.75, 3.05) is 6.54 Å². The SMILES string of the molecule is CCNC(Cc1c(C)cc(C)cc1C)c1csc(C)n1. The van der Waals surface area contributed by atoms with Crippen molar-refractivity contribution < 1.29 is 0 Å². The molecule has 2 nitrogen and oxygen atoms in total. The lowest BCUT2D eigenvalue weighted by Gasteiger charge is -2.19. The summed E-state index contributed by atoms with van der Waals surface area (Å²) >= 11 is 1.73. The zero-order valence-electron chi connectivity index (χ0n) is 13.1. The van der Waals surface area contributed by atoms with Crippen molar-refractivity contribution in [1.29, 1.82) is 0 Å². The molecule has 1 aromatic carbocycles. The van der Waals surface area contributed by atoms with E-state index < -0.39 is 0 Å². The van der Waals surface area contributed by atoms with Crippen molar-refractivity contribution in [2.24, 2.45) is 0 Å². The van der Waals surface area contributed by atoms with Crippen LogP contribution in [-0.4, -0.2) is 11.5 Å². The molecule has 1 aromatic heterocycles. The monoisotopic (exact) mass is 288 g/mol. The lowest BCUT2D eigenvalue weighted by Crippen LogP contribution is -2.24. The van der Waals surface area contributed by atoms with Gasteiger partial charge < -0.3 is 5.32 Å². The normalized spacial score (nSPS) is 12.7. The van der Waals surface area contributed by atoms with Gasteiger partial charge in [0.2, 0.25) is 0 Å². The molecule has 3 heteroatoms. The van der Waals surface area contributed by atoms with Gasteiger partial charge >= 0.3 is 0 Å². The van der Waals surface area contributed by atoms with Crippen LogP contribution in [-0.2, 0) is 6.42 Å². The van der Waals surface area contributed by atoms with E-state index in [1.54, 1.807) is 11.3 Å². The third-order valence-electron chi connectivity index (χ3n) is 3.69. The van der Waals surface area contributed by atoms with Gasteiger partial charge in [-0.05, 0) is 57.4 Å². The van der Waals surface area contributed by atoms with Gasteiger partial charge in [0, 0.05) is 5.38 Å². The van der Waals surface area contributed by atoms with Crippen molar-refractivity contribution in [3.8, 4) is 0 Å². The third kappa shape index (κ3) is 3.47.